The number of urea groups is 1. The summed E-state index contributed by atoms with van der Waals surface area (Å²) >= 11 is 0. The van der Waals surface area contributed by atoms with E-state index in [-0.39, 0.29) is 18.0 Å². The highest BCUT2D eigenvalue weighted by Gasteiger charge is 2.31. The summed E-state index contributed by atoms with van der Waals surface area (Å²) in [5.74, 6) is 0.939. The minimum Gasteiger partial charge on any atom is -0.390 e. The standard InChI is InChI=1S/C29H40N6O3/c1-21-3-4-24-6-10-32(18-25(24)15-21)19-27(37)20-35-14-13-34(29(35)38)17-23-5-9-30-28(16-23)31-26-7-11-33(12-8-26)22(2)36/h3-5,9,15-16,26-27,37H,6-8,10-14,17-20H2,1-2H3,(H,30,31)/t27-/m1/s1. The van der Waals surface area contributed by atoms with Gasteiger partial charge < -0.3 is 25.1 Å². The van der Waals surface area contributed by atoms with Gasteiger partial charge in [0, 0.05) is 78.1 Å². The van der Waals surface area contributed by atoms with Crippen LogP contribution in [0.3, 0.4) is 0 Å². The molecule has 0 bridgehead atoms. The van der Waals surface area contributed by atoms with Crippen LogP contribution in [0.5, 0.6) is 0 Å². The van der Waals surface area contributed by atoms with Gasteiger partial charge >= 0.3 is 6.03 Å². The number of aliphatic hydroxyl groups is 1. The summed E-state index contributed by atoms with van der Waals surface area (Å²) in [4.78, 5) is 36.9. The molecule has 3 aliphatic rings. The van der Waals surface area contributed by atoms with Gasteiger partial charge in [-0.1, -0.05) is 23.8 Å². The van der Waals surface area contributed by atoms with Gasteiger partial charge in [-0.2, -0.15) is 0 Å². The van der Waals surface area contributed by atoms with Crippen molar-refractivity contribution < 1.29 is 14.7 Å². The summed E-state index contributed by atoms with van der Waals surface area (Å²) in [7, 11) is 0. The largest absolute Gasteiger partial charge is 0.390 e. The second-order valence-electron chi connectivity index (χ2n) is 11.0. The fourth-order valence-electron chi connectivity index (χ4n) is 5.88. The average Bonchev–Trinajstić information content (AvgIpc) is 3.22. The van der Waals surface area contributed by atoms with Gasteiger partial charge in [0.25, 0.3) is 0 Å². The van der Waals surface area contributed by atoms with Crippen molar-refractivity contribution in [1.29, 1.82) is 0 Å². The highest BCUT2D eigenvalue weighted by molar-refractivity contribution is 5.76. The third-order valence-corrected chi connectivity index (χ3v) is 8.02. The number of hydrogen-bond acceptors (Lipinski definition) is 6. The number of aryl methyl sites for hydroxylation is 1. The number of pyridine rings is 1. The number of nitrogens with zero attached hydrogens (tertiary/aromatic N) is 5. The van der Waals surface area contributed by atoms with E-state index in [4.69, 9.17) is 0 Å². The van der Waals surface area contributed by atoms with Crippen LogP contribution in [0.2, 0.25) is 0 Å². The molecule has 4 heterocycles. The molecule has 0 aliphatic carbocycles. The fourth-order valence-corrected chi connectivity index (χ4v) is 5.88. The number of aliphatic hydroxyl groups excluding tert-OH is 1. The zero-order chi connectivity index (χ0) is 26.6. The minimum absolute atomic E-state index is 0.0217. The number of piperidine rings is 1. The summed E-state index contributed by atoms with van der Waals surface area (Å²) in [5.41, 5.74) is 5.04. The number of amides is 3. The maximum atomic E-state index is 13.1. The molecule has 9 nitrogen and oxygen atoms in total. The van der Waals surface area contributed by atoms with Gasteiger partial charge in [-0.25, -0.2) is 9.78 Å². The molecule has 0 unspecified atom stereocenters. The SMILES string of the molecule is CC(=O)N1CCC(Nc2cc(CN3CCN(C[C@H](O)CN4CCc5ccc(C)cc5C4)C3=O)ccn2)CC1. The van der Waals surface area contributed by atoms with Crippen LogP contribution in [0.4, 0.5) is 10.6 Å². The first-order valence-electron chi connectivity index (χ1n) is 13.8. The number of benzene rings is 1. The molecule has 1 atom stereocenters. The Kier molecular flexibility index (Phi) is 8.14. The first-order valence-corrected chi connectivity index (χ1v) is 13.8. The zero-order valence-electron chi connectivity index (χ0n) is 22.6. The first kappa shape index (κ1) is 26.4. The van der Waals surface area contributed by atoms with Crippen LogP contribution in [-0.4, -0.2) is 99.6 Å². The average molecular weight is 521 g/mol. The van der Waals surface area contributed by atoms with E-state index < -0.39 is 6.10 Å². The quantitative estimate of drug-likeness (QED) is 0.556. The number of aromatic nitrogens is 1. The van der Waals surface area contributed by atoms with Gasteiger partial charge in [0.15, 0.2) is 0 Å². The summed E-state index contributed by atoms with van der Waals surface area (Å²) < 4.78 is 0. The van der Waals surface area contributed by atoms with E-state index in [0.717, 1.165) is 56.8 Å². The highest BCUT2D eigenvalue weighted by Crippen LogP contribution is 2.22. The lowest BCUT2D eigenvalue weighted by Gasteiger charge is -2.32. The molecule has 3 aliphatic heterocycles. The second kappa shape index (κ2) is 11.7. The minimum atomic E-state index is -0.573. The van der Waals surface area contributed by atoms with Gasteiger partial charge in [0.05, 0.1) is 6.10 Å². The lowest BCUT2D eigenvalue weighted by Crippen LogP contribution is -2.43. The Morgan fingerprint density at radius 2 is 1.84 bits per heavy atom. The van der Waals surface area contributed by atoms with Crippen molar-refractivity contribution in [3.05, 3.63) is 58.8 Å². The van der Waals surface area contributed by atoms with Crippen LogP contribution >= 0.6 is 0 Å². The van der Waals surface area contributed by atoms with Crippen LogP contribution in [0.15, 0.2) is 36.5 Å². The van der Waals surface area contributed by atoms with E-state index in [1.165, 1.54) is 16.7 Å². The Morgan fingerprint density at radius 1 is 1.05 bits per heavy atom. The molecule has 1 aromatic heterocycles. The highest BCUT2D eigenvalue weighted by atomic mass is 16.3. The van der Waals surface area contributed by atoms with Crippen LogP contribution < -0.4 is 5.32 Å². The lowest BCUT2D eigenvalue weighted by atomic mass is 9.97. The van der Waals surface area contributed by atoms with Crippen LogP contribution in [-0.2, 0) is 24.3 Å². The lowest BCUT2D eigenvalue weighted by molar-refractivity contribution is -0.129. The number of rotatable bonds is 8. The number of anilines is 1. The van der Waals surface area contributed by atoms with E-state index in [0.29, 0.717) is 32.7 Å². The van der Waals surface area contributed by atoms with Crippen molar-refractivity contribution in [1.82, 2.24) is 24.6 Å². The Morgan fingerprint density at radius 3 is 2.63 bits per heavy atom. The predicted molar refractivity (Wildman–Crippen MR) is 147 cm³/mol. The van der Waals surface area contributed by atoms with Gasteiger partial charge in [0.2, 0.25) is 5.91 Å². The van der Waals surface area contributed by atoms with Crippen molar-refractivity contribution in [3.8, 4) is 0 Å². The number of likely N-dealkylation sites (tertiary alicyclic amines) is 1. The molecular weight excluding hydrogens is 480 g/mol. The molecule has 38 heavy (non-hydrogen) atoms. The number of hydrogen-bond donors (Lipinski definition) is 2. The molecular formula is C29H40N6O3. The van der Waals surface area contributed by atoms with Gasteiger partial charge in [0.1, 0.15) is 5.82 Å². The van der Waals surface area contributed by atoms with Crippen LogP contribution in [0, 0.1) is 6.92 Å². The maximum Gasteiger partial charge on any atom is 0.320 e. The molecule has 3 amide bonds. The number of nitrogens with one attached hydrogen (secondary N) is 1. The molecule has 2 aromatic rings. The fraction of sp³-hybridized carbons (Fsp3) is 0.552. The molecule has 9 heteroatoms. The van der Waals surface area contributed by atoms with E-state index in [1.54, 1.807) is 18.0 Å². The number of fused-ring (bicyclic) bond motifs is 1. The van der Waals surface area contributed by atoms with Crippen molar-refractivity contribution in [2.45, 2.75) is 58.3 Å². The van der Waals surface area contributed by atoms with Crippen LogP contribution in [0.1, 0.15) is 42.0 Å². The third kappa shape index (κ3) is 6.45. The molecule has 0 radical (unpaired) electrons. The Labute approximate surface area is 225 Å². The molecule has 1 aromatic carbocycles. The van der Waals surface area contributed by atoms with E-state index >= 15 is 0 Å². The van der Waals surface area contributed by atoms with E-state index in [2.05, 4.69) is 40.3 Å². The third-order valence-electron chi connectivity index (χ3n) is 8.02. The maximum absolute atomic E-state index is 13.1. The van der Waals surface area contributed by atoms with Gasteiger partial charge in [-0.05, 0) is 55.0 Å². The normalized spacial score (nSPS) is 19.6. The Bertz CT molecular complexity index is 1150. The number of carbonyl (C=O) groups excluding carboxylic acids is 2. The molecule has 5 rings (SSSR count). The monoisotopic (exact) mass is 520 g/mol. The van der Waals surface area contributed by atoms with Crippen molar-refractivity contribution >= 4 is 17.8 Å². The van der Waals surface area contributed by atoms with E-state index in [1.807, 2.05) is 21.9 Å². The molecule has 0 saturated carbocycles. The first-order chi connectivity index (χ1) is 18.3. The predicted octanol–water partition coefficient (Wildman–Crippen LogP) is 2.47. The second-order valence-corrected chi connectivity index (χ2v) is 11.0. The van der Waals surface area contributed by atoms with Crippen molar-refractivity contribution in [3.63, 3.8) is 0 Å². The van der Waals surface area contributed by atoms with Crippen molar-refractivity contribution in [2.75, 3.05) is 51.1 Å². The summed E-state index contributed by atoms with van der Waals surface area (Å²) in [6.45, 7) is 9.77. The molecule has 2 saturated heterocycles. The summed E-state index contributed by atoms with van der Waals surface area (Å²) in [5, 5.41) is 14.3. The zero-order valence-corrected chi connectivity index (χ0v) is 22.6. The van der Waals surface area contributed by atoms with Crippen molar-refractivity contribution in [2.24, 2.45) is 0 Å². The molecule has 0 spiro atoms. The van der Waals surface area contributed by atoms with Gasteiger partial charge in [-0.15, -0.1) is 0 Å². The summed E-state index contributed by atoms with van der Waals surface area (Å²) in [6, 6.07) is 10.9. The van der Waals surface area contributed by atoms with Gasteiger partial charge in [-0.3, -0.25) is 9.69 Å². The number of carbonyl (C=O) groups is 2. The van der Waals surface area contributed by atoms with E-state index in [9.17, 15) is 14.7 Å². The Balaban J connectivity index is 1.09. The Hall–Kier alpha value is -3.17. The smallest absolute Gasteiger partial charge is 0.320 e. The number of β-amino-alcohol motifs (C(OH)–C–C–N with tert-alkyl or cyclic N) is 1. The summed E-state index contributed by atoms with van der Waals surface area (Å²) in [6.07, 6.45) is 4.01. The topological polar surface area (TPSA) is 92.3 Å². The molecule has 2 fully saturated rings. The van der Waals surface area contributed by atoms with Crippen LogP contribution in [0.25, 0.3) is 0 Å². The molecule has 204 valence electrons. The molecule has 2 N–H and O–H groups in total.